The number of carbonyl (C=O) groups excluding carboxylic acids is 5. The minimum atomic E-state index is -2.16. The zero-order chi connectivity index (χ0) is 92.9. The molecule has 18 N–H and O–H groups in total. The van der Waals surface area contributed by atoms with Crippen molar-refractivity contribution in [3.05, 3.63) is 24.3 Å². The van der Waals surface area contributed by atoms with Crippen molar-refractivity contribution in [3.63, 3.8) is 0 Å². The average Bonchev–Trinajstić information content (AvgIpc) is 0.771. The van der Waals surface area contributed by atoms with Gasteiger partial charge in [-0.25, -0.2) is 0 Å². The van der Waals surface area contributed by atoms with Crippen LogP contribution in [0.4, 0.5) is 5.69 Å². The molecule has 1 aromatic carbocycles. The molecule has 0 radical (unpaired) electrons. The first-order chi connectivity index (χ1) is 59.9. The molecule has 0 amide bonds. The lowest BCUT2D eigenvalue weighted by molar-refractivity contribution is -0.391. The van der Waals surface area contributed by atoms with Crippen molar-refractivity contribution in [3.8, 4) is 5.75 Å². The Balaban J connectivity index is 0.991. The summed E-state index contributed by atoms with van der Waals surface area (Å²) in [6.07, 6.45) is -47.4. The Morgan fingerprint density at radius 2 is 0.889 bits per heavy atom. The average molecular weight is 1820 g/mol. The smallest absolute Gasteiger partial charge is 0.311 e. The summed E-state index contributed by atoms with van der Waals surface area (Å²) in [5.74, 6) is -5.43. The zero-order valence-electron chi connectivity index (χ0n) is 74.2. The lowest BCUT2D eigenvalue weighted by Gasteiger charge is -2.49. The van der Waals surface area contributed by atoms with Crippen LogP contribution in [0, 0.1) is 11.8 Å². The van der Waals surface area contributed by atoms with Crippen LogP contribution in [0.1, 0.15) is 210 Å². The summed E-state index contributed by atoms with van der Waals surface area (Å²) in [5.41, 5.74) is 0.447. The molecule has 0 bridgehead atoms. The predicted octanol–water partition coefficient (Wildman–Crippen LogP) is 0.0255. The fourth-order valence-corrected chi connectivity index (χ4v) is 15.7. The Morgan fingerprint density at radius 1 is 0.444 bits per heavy atom. The van der Waals surface area contributed by atoms with Gasteiger partial charge in [-0.15, -0.1) is 0 Å². The molecule has 0 spiro atoms. The first-order valence-electron chi connectivity index (χ1n) is 44.8. The molecule has 6 aliphatic rings. The Hall–Kier alpha value is -4.79. The van der Waals surface area contributed by atoms with Crippen LogP contribution in [0.15, 0.2) is 24.3 Å². The number of anilines is 1. The minimum Gasteiger partial charge on any atom is -0.497 e. The Bertz CT molecular complexity index is 3280. The Labute approximate surface area is 735 Å². The molecule has 6 aliphatic heterocycles. The highest BCUT2D eigenvalue weighted by Gasteiger charge is 2.59. The number of carbonyl (C=O) groups is 5. The molecule has 0 saturated carbocycles. The maximum Gasteiger partial charge on any atom is 0.311 e. The molecule has 39 atom stereocenters. The Morgan fingerprint density at radius 3 is 1.37 bits per heavy atom. The number of hydrogen-bond donors (Lipinski definition) is 18. The van der Waals surface area contributed by atoms with Gasteiger partial charge in [-0.3, -0.25) is 19.2 Å². The molecular weight excluding hydrogens is 1670 g/mol. The van der Waals surface area contributed by atoms with Crippen LogP contribution in [0.2, 0.25) is 0 Å². The number of nitrogens with one attached hydrogen (secondary N) is 1. The number of aliphatic hydroxyl groups excluding tert-OH is 17. The van der Waals surface area contributed by atoms with Gasteiger partial charge in [-0.05, 0) is 118 Å². The summed E-state index contributed by atoms with van der Waals surface area (Å²) in [4.78, 5) is 67.6. The van der Waals surface area contributed by atoms with Crippen LogP contribution in [0.3, 0.4) is 0 Å². The molecule has 6 fully saturated rings. The number of rotatable bonds is 53. The van der Waals surface area contributed by atoms with E-state index in [9.17, 15) is 111 Å². The minimum absolute atomic E-state index is 0.00378. The number of aldehydes is 1. The monoisotopic (exact) mass is 1820 g/mol. The van der Waals surface area contributed by atoms with E-state index in [2.05, 4.69) is 5.32 Å². The van der Waals surface area contributed by atoms with Crippen molar-refractivity contribution < 1.29 is 191 Å². The third-order valence-corrected chi connectivity index (χ3v) is 24.3. The Kier molecular flexibility index (Phi) is 46.2. The van der Waals surface area contributed by atoms with Crippen molar-refractivity contribution in [1.29, 1.82) is 0 Å². The summed E-state index contributed by atoms with van der Waals surface area (Å²) in [6.45, 7) is 13.3. The number of ether oxygens (including phenoxy) is 17. The van der Waals surface area contributed by atoms with Gasteiger partial charge in [0.2, 0.25) is 0 Å². The van der Waals surface area contributed by atoms with E-state index in [0.29, 0.717) is 82.1 Å². The number of esters is 4. The van der Waals surface area contributed by atoms with Crippen LogP contribution in [0.25, 0.3) is 0 Å². The predicted molar refractivity (Wildman–Crippen MR) is 438 cm³/mol. The highest BCUT2D eigenvalue weighted by Crippen LogP contribution is 2.40. The molecule has 40 nitrogen and oxygen atoms in total. The molecule has 6 heterocycles. The third-order valence-electron chi connectivity index (χ3n) is 24.3. The first kappa shape index (κ1) is 108. The van der Waals surface area contributed by atoms with E-state index in [1.807, 2.05) is 13.8 Å². The summed E-state index contributed by atoms with van der Waals surface area (Å²) in [7, 11) is 1.46. The summed E-state index contributed by atoms with van der Waals surface area (Å²) < 4.78 is 104. The van der Waals surface area contributed by atoms with Gasteiger partial charge in [-0.2, -0.15) is 0 Å². The third kappa shape index (κ3) is 31.2. The van der Waals surface area contributed by atoms with Gasteiger partial charge in [0, 0.05) is 25.1 Å². The topological polar surface area (TPSA) is 598 Å². The summed E-state index contributed by atoms with van der Waals surface area (Å²) in [6, 6.07) is 6.48. The number of benzene rings is 1. The largest absolute Gasteiger partial charge is 0.497 e. The van der Waals surface area contributed by atoms with Crippen molar-refractivity contribution in [1.82, 2.24) is 0 Å². The maximum atomic E-state index is 14.3. The van der Waals surface area contributed by atoms with Gasteiger partial charge in [0.15, 0.2) is 68.4 Å². The lowest BCUT2D eigenvalue weighted by atomic mass is 9.95. The molecule has 728 valence electrons. The summed E-state index contributed by atoms with van der Waals surface area (Å²) >= 11 is 0. The van der Waals surface area contributed by atoms with Crippen LogP contribution < -0.4 is 10.1 Å². The lowest BCUT2D eigenvalue weighted by Crippen LogP contribution is -2.67. The van der Waals surface area contributed by atoms with Gasteiger partial charge >= 0.3 is 23.9 Å². The molecule has 1 aromatic rings. The van der Waals surface area contributed by atoms with Crippen molar-refractivity contribution in [2.24, 2.45) is 11.8 Å². The second-order valence-corrected chi connectivity index (χ2v) is 34.3. The molecule has 0 aromatic heterocycles. The molecule has 0 unspecified atom stereocenters. The SMILES string of the molecule is CCC[C@H](O)CCCCCCCCCC(=O)O[C@@H]1[C@@H](O[C@H]2[C@H](O[C@H]3CO[C@H](O[C@@H](CCC)CCCCCCCCCC(=O)O[C@@H]4[C@@H](O[C@H](CNc5ccc(OC)cc5)[C@@H](O)[C@H](O)[C@@H](O)C=O)O[C@H](C)[C@@H](OC(=O)[C@H](C)[C@H](C)O)[C@@H]4O[C@H]4O[C@H](C)[C@@H](O)[C@H](O)[C@@H]4O)[C@@H](O)[C@@H]3O)O[C@H](CO)[C@@H](O)[C@@H]2O)O[C@H](C)[C@@H](OC(=O)[C@H](C)[C@H](C)O)[C@@H]1O[C@@H]1O[C@@H](C)[C@H](O)[C@@H](O)[C@H]1O. The molecule has 7 rings (SSSR count). The standard InChI is InChI=1S/C86H145NO39/c1-12-28-51(92)30-24-20-16-14-18-22-27-33-59(95)121-78-76(126-83-71(107)67(103)61(97)47(8)113-83)73(123-80(109)43(4)45(6)91)49(10)115-86(78)124-74-68(104)64(100)56(40-89)118-84(74)119-57-41-111-81(69(105)65(57)101)116-53(29-13-2)31-25-21-17-15-19-23-26-32-58(94)120-77-75(125-82-70(106)66(102)60(96)46(7)112-82)72(122-79(108)42(3)44(5)90)48(9)114-85(77)117-55(63(99)62(98)54(93)39-88)38-87-50-34-36-52(110-11)37-35-50/h34-37,39,42-49,51,53-57,60-78,81-87,89-93,96-107H,12-33,38,40-41H2,1-11H3/t42-,43-,44+,45+,46-,47+,48-,49-,51+,53+,54+,55-,56-,57+,60-,61+,62-,63-,64-,65-,66+,67-,68+,69+,70+,71-,72-,73-,74-,75+,76+,77+,78+,81-,82-,83+,84+,85-,86-/m1/s1. The first-order valence-corrected chi connectivity index (χ1v) is 44.8. The van der Waals surface area contributed by atoms with E-state index >= 15 is 0 Å². The van der Waals surface area contributed by atoms with E-state index in [1.165, 1.54) is 62.5 Å². The van der Waals surface area contributed by atoms with E-state index in [1.54, 1.807) is 24.3 Å². The van der Waals surface area contributed by atoms with E-state index < -0.39 is 270 Å². The zero-order valence-corrected chi connectivity index (χ0v) is 74.2. The van der Waals surface area contributed by atoms with E-state index in [-0.39, 0.29) is 38.2 Å². The highest BCUT2D eigenvalue weighted by atomic mass is 16.8. The fourth-order valence-electron chi connectivity index (χ4n) is 15.7. The van der Waals surface area contributed by atoms with Crippen molar-refractivity contribution in [2.75, 3.05) is 32.2 Å². The van der Waals surface area contributed by atoms with Crippen LogP contribution in [0.5, 0.6) is 5.75 Å². The highest BCUT2D eigenvalue weighted by molar-refractivity contribution is 5.74. The molecule has 126 heavy (non-hydrogen) atoms. The number of unbranched alkanes of at least 4 members (excludes halogenated alkanes) is 12. The molecular formula is C86H145NO39. The van der Waals surface area contributed by atoms with Gasteiger partial charge in [0.05, 0.1) is 81.0 Å². The number of aliphatic hydroxyl groups is 17. The van der Waals surface area contributed by atoms with E-state index in [4.69, 9.17) is 80.5 Å². The van der Waals surface area contributed by atoms with Crippen molar-refractivity contribution in [2.45, 2.75) is 437 Å². The quantitative estimate of drug-likeness (QED) is 0.0177. The van der Waals surface area contributed by atoms with E-state index in [0.717, 1.165) is 51.4 Å². The summed E-state index contributed by atoms with van der Waals surface area (Å²) in [5, 5.41) is 190. The normalized spacial score (nSPS) is 35.6. The number of methoxy groups -OCH3 is 1. The maximum absolute atomic E-state index is 14.3. The van der Waals surface area contributed by atoms with Gasteiger partial charge in [0.25, 0.3) is 0 Å². The molecule has 6 saturated heterocycles. The van der Waals surface area contributed by atoms with Gasteiger partial charge < -0.3 is 177 Å². The second-order valence-electron chi connectivity index (χ2n) is 34.3. The van der Waals surface area contributed by atoms with Crippen molar-refractivity contribution >= 4 is 35.9 Å². The second kappa shape index (κ2) is 53.8. The van der Waals surface area contributed by atoms with Crippen LogP contribution >= 0.6 is 0 Å². The molecule has 40 heteroatoms. The fraction of sp³-hybridized carbons (Fsp3) is 0.872. The van der Waals surface area contributed by atoms with Crippen LogP contribution in [-0.2, 0) is 99.8 Å². The number of hydrogen-bond acceptors (Lipinski definition) is 40. The molecule has 0 aliphatic carbocycles. The van der Waals surface area contributed by atoms with Gasteiger partial charge in [-0.1, -0.05) is 104 Å². The van der Waals surface area contributed by atoms with Gasteiger partial charge in [0.1, 0.15) is 122 Å². The van der Waals surface area contributed by atoms with Crippen LogP contribution in [-0.4, -0.2) is 371 Å².